The van der Waals surface area contributed by atoms with Gasteiger partial charge in [-0.3, -0.25) is 0 Å². The van der Waals surface area contributed by atoms with E-state index in [1.165, 1.54) is 18.2 Å². The van der Waals surface area contributed by atoms with Crippen molar-refractivity contribution in [3.63, 3.8) is 0 Å². The third kappa shape index (κ3) is 1.57. The molecule has 3 heteroatoms. The average Bonchev–Trinajstić information content (AvgIpc) is 2.63. The molecule has 1 unspecified atom stereocenters. The Morgan fingerprint density at radius 3 is 2.64 bits per heavy atom. The summed E-state index contributed by atoms with van der Waals surface area (Å²) in [7, 11) is 0.258. The van der Waals surface area contributed by atoms with E-state index in [1.807, 2.05) is 7.11 Å². The van der Waals surface area contributed by atoms with Gasteiger partial charge in [-0.2, -0.15) is 0 Å². The van der Waals surface area contributed by atoms with Crippen molar-refractivity contribution < 1.29 is 4.43 Å². The topological polar surface area (TPSA) is 12.5 Å². The molecule has 0 saturated carbocycles. The van der Waals surface area contributed by atoms with Crippen LogP contribution in [0.25, 0.3) is 0 Å². The molecule has 1 atom stereocenters. The van der Waals surface area contributed by atoms with Crippen LogP contribution in [0.4, 0.5) is 5.69 Å². The molecular formula is C11H17NOSi. The summed E-state index contributed by atoms with van der Waals surface area (Å²) in [5.41, 5.74) is 1.32. The smallest absolute Gasteiger partial charge is 0.297 e. The van der Waals surface area contributed by atoms with Crippen LogP contribution < -0.4 is 4.57 Å². The van der Waals surface area contributed by atoms with Gasteiger partial charge in [-0.1, -0.05) is 18.2 Å². The van der Waals surface area contributed by atoms with Gasteiger partial charge in [0.15, 0.2) is 0 Å². The average molecular weight is 207 g/mol. The molecular weight excluding hydrogens is 190 g/mol. The summed E-state index contributed by atoms with van der Waals surface area (Å²) in [6.07, 6.45) is 1.27. The van der Waals surface area contributed by atoms with E-state index >= 15 is 0 Å². The predicted octanol–water partition coefficient (Wildman–Crippen LogP) is 2.62. The Bertz CT molecular complexity index is 303. The minimum absolute atomic E-state index is 1.15. The molecule has 0 bridgehead atoms. The molecule has 1 aliphatic heterocycles. The van der Waals surface area contributed by atoms with Crippen molar-refractivity contribution in [2.75, 3.05) is 18.2 Å². The fourth-order valence-corrected chi connectivity index (χ4v) is 4.99. The second-order valence-corrected chi connectivity index (χ2v) is 7.77. The van der Waals surface area contributed by atoms with E-state index in [-0.39, 0.29) is 0 Å². The lowest BCUT2D eigenvalue weighted by Gasteiger charge is -2.33. The lowest BCUT2D eigenvalue weighted by Crippen LogP contribution is -2.48. The number of hydrogen-bond acceptors (Lipinski definition) is 2. The highest BCUT2D eigenvalue weighted by Gasteiger charge is 2.40. The summed E-state index contributed by atoms with van der Waals surface area (Å²) in [6.45, 7) is 3.45. The van der Waals surface area contributed by atoms with Crippen LogP contribution in [-0.2, 0) is 4.43 Å². The zero-order chi connectivity index (χ0) is 10.0. The van der Waals surface area contributed by atoms with Crippen molar-refractivity contribution in [1.29, 1.82) is 0 Å². The van der Waals surface area contributed by atoms with Crippen LogP contribution in [0.2, 0.25) is 12.6 Å². The van der Waals surface area contributed by atoms with Crippen molar-refractivity contribution in [2.45, 2.75) is 19.0 Å². The number of para-hydroxylation sites is 1. The van der Waals surface area contributed by atoms with E-state index in [1.54, 1.807) is 0 Å². The van der Waals surface area contributed by atoms with Crippen LogP contribution in [0.3, 0.4) is 0 Å². The number of benzene rings is 1. The number of rotatable bonds is 2. The Labute approximate surface area is 86.7 Å². The Hall–Kier alpha value is -0.803. The summed E-state index contributed by atoms with van der Waals surface area (Å²) in [5.74, 6) is 0. The molecule has 2 nitrogen and oxygen atoms in total. The van der Waals surface area contributed by atoms with Crippen molar-refractivity contribution in [1.82, 2.24) is 0 Å². The molecule has 1 aromatic rings. The van der Waals surface area contributed by atoms with Gasteiger partial charge in [-0.05, 0) is 31.1 Å². The molecule has 14 heavy (non-hydrogen) atoms. The molecule has 1 heterocycles. The Morgan fingerprint density at radius 1 is 1.29 bits per heavy atom. The first kappa shape index (κ1) is 9.74. The molecule has 0 aliphatic carbocycles. The molecule has 1 fully saturated rings. The molecule has 0 N–H and O–H groups in total. The number of nitrogens with zero attached hydrogens (tertiary/aromatic N) is 1. The monoisotopic (exact) mass is 207 g/mol. The van der Waals surface area contributed by atoms with Gasteiger partial charge in [0.2, 0.25) is 0 Å². The van der Waals surface area contributed by atoms with Gasteiger partial charge >= 0.3 is 0 Å². The Morgan fingerprint density at radius 2 is 2.00 bits per heavy atom. The van der Waals surface area contributed by atoms with Crippen LogP contribution >= 0.6 is 0 Å². The summed E-state index contributed by atoms with van der Waals surface area (Å²) in [4.78, 5) is 0. The first-order chi connectivity index (χ1) is 6.76. The van der Waals surface area contributed by atoms with Crippen LogP contribution in [0.1, 0.15) is 6.42 Å². The fourth-order valence-electron chi connectivity index (χ4n) is 2.16. The van der Waals surface area contributed by atoms with Gasteiger partial charge in [0.05, 0.1) is 0 Å². The van der Waals surface area contributed by atoms with Gasteiger partial charge in [0.1, 0.15) is 0 Å². The normalized spacial score (nSPS) is 26.9. The van der Waals surface area contributed by atoms with Gasteiger partial charge in [0, 0.05) is 19.3 Å². The highest BCUT2D eigenvalue weighted by molar-refractivity contribution is 6.77. The molecule has 0 aromatic heterocycles. The third-order valence-corrected chi connectivity index (χ3v) is 6.89. The van der Waals surface area contributed by atoms with E-state index in [2.05, 4.69) is 41.4 Å². The second-order valence-electron chi connectivity index (χ2n) is 3.97. The first-order valence-corrected chi connectivity index (χ1v) is 7.70. The van der Waals surface area contributed by atoms with Crippen molar-refractivity contribution >= 4 is 14.2 Å². The van der Waals surface area contributed by atoms with Gasteiger partial charge in [0.25, 0.3) is 8.48 Å². The summed E-state index contributed by atoms with van der Waals surface area (Å²) < 4.78 is 8.21. The number of anilines is 1. The quantitative estimate of drug-likeness (QED) is 0.691. The maximum absolute atomic E-state index is 5.73. The van der Waals surface area contributed by atoms with Gasteiger partial charge in [-0.25, -0.2) is 0 Å². The maximum atomic E-state index is 5.73. The van der Waals surface area contributed by atoms with Crippen molar-refractivity contribution in [2.24, 2.45) is 0 Å². The SMILES string of the molecule is CO[Si]1(C)CCCN1c1ccccc1. The zero-order valence-corrected chi connectivity index (χ0v) is 9.86. The molecule has 1 saturated heterocycles. The summed E-state index contributed by atoms with van der Waals surface area (Å²) in [5, 5.41) is 0. The molecule has 1 aromatic carbocycles. The van der Waals surface area contributed by atoms with E-state index in [9.17, 15) is 0 Å². The standard InChI is InChI=1S/C11H17NOSi/c1-13-14(2)10-6-9-12(14)11-7-4-3-5-8-11/h3-5,7-8H,6,9-10H2,1-2H3. The summed E-state index contributed by atoms with van der Waals surface area (Å²) in [6, 6.07) is 11.9. The Balaban J connectivity index is 2.26. The van der Waals surface area contributed by atoms with Crippen LogP contribution in [0.5, 0.6) is 0 Å². The minimum atomic E-state index is -1.60. The van der Waals surface area contributed by atoms with Gasteiger partial charge < -0.3 is 8.99 Å². The molecule has 1 aliphatic rings. The van der Waals surface area contributed by atoms with Crippen molar-refractivity contribution in [3.8, 4) is 0 Å². The highest BCUT2D eigenvalue weighted by atomic mass is 28.4. The zero-order valence-electron chi connectivity index (χ0n) is 8.86. The molecule has 76 valence electrons. The lowest BCUT2D eigenvalue weighted by atomic mass is 10.3. The lowest BCUT2D eigenvalue weighted by molar-refractivity contribution is 0.401. The summed E-state index contributed by atoms with van der Waals surface area (Å²) >= 11 is 0. The number of hydrogen-bond donors (Lipinski definition) is 0. The minimum Gasteiger partial charge on any atom is -0.402 e. The first-order valence-electron chi connectivity index (χ1n) is 5.14. The van der Waals surface area contributed by atoms with E-state index in [0.717, 1.165) is 6.54 Å². The molecule has 2 rings (SSSR count). The largest absolute Gasteiger partial charge is 0.402 e. The van der Waals surface area contributed by atoms with Gasteiger partial charge in [-0.15, -0.1) is 0 Å². The van der Waals surface area contributed by atoms with Crippen molar-refractivity contribution in [3.05, 3.63) is 30.3 Å². The second kappa shape index (κ2) is 3.75. The molecule has 0 spiro atoms. The molecule has 0 amide bonds. The predicted molar refractivity (Wildman–Crippen MR) is 61.8 cm³/mol. The van der Waals surface area contributed by atoms with E-state index in [4.69, 9.17) is 4.43 Å². The van der Waals surface area contributed by atoms with Crippen LogP contribution in [0.15, 0.2) is 30.3 Å². The van der Waals surface area contributed by atoms with E-state index in [0.29, 0.717) is 0 Å². The van der Waals surface area contributed by atoms with E-state index < -0.39 is 8.48 Å². The molecule has 0 radical (unpaired) electrons. The highest BCUT2D eigenvalue weighted by Crippen LogP contribution is 2.31. The van der Waals surface area contributed by atoms with Crippen LogP contribution in [0, 0.1) is 0 Å². The Kier molecular flexibility index (Phi) is 2.61. The fraction of sp³-hybridized carbons (Fsp3) is 0.455. The third-order valence-electron chi connectivity index (χ3n) is 3.10. The maximum Gasteiger partial charge on any atom is 0.297 e. The van der Waals surface area contributed by atoms with Crippen LogP contribution in [-0.4, -0.2) is 22.1 Å².